The third kappa shape index (κ3) is 1.46. The summed E-state index contributed by atoms with van der Waals surface area (Å²) < 4.78 is 1.88. The Hall–Kier alpha value is -0.900. The van der Waals surface area contributed by atoms with E-state index in [9.17, 15) is 0 Å². The van der Waals surface area contributed by atoms with Crippen molar-refractivity contribution in [3.05, 3.63) is 12.2 Å². The van der Waals surface area contributed by atoms with Gasteiger partial charge < -0.3 is 5.32 Å². The number of aryl methyl sites for hydroxylation is 1. The van der Waals surface area contributed by atoms with Crippen molar-refractivity contribution in [1.29, 1.82) is 0 Å². The van der Waals surface area contributed by atoms with Gasteiger partial charge in [0, 0.05) is 19.0 Å². The van der Waals surface area contributed by atoms with Crippen molar-refractivity contribution in [2.75, 3.05) is 13.1 Å². The number of aromatic nitrogens is 3. The van der Waals surface area contributed by atoms with Crippen molar-refractivity contribution in [2.45, 2.75) is 25.2 Å². The van der Waals surface area contributed by atoms with E-state index in [0.29, 0.717) is 0 Å². The Labute approximate surface area is 78.4 Å². The van der Waals surface area contributed by atoms with Crippen molar-refractivity contribution < 1.29 is 0 Å². The maximum absolute atomic E-state index is 4.32. The molecule has 0 bridgehead atoms. The number of nitrogens with zero attached hydrogens (tertiary/aromatic N) is 3. The lowest BCUT2D eigenvalue weighted by Gasteiger charge is -2.32. The van der Waals surface area contributed by atoms with Crippen LogP contribution in [-0.2, 0) is 12.5 Å². The molecule has 4 nitrogen and oxygen atoms in total. The summed E-state index contributed by atoms with van der Waals surface area (Å²) in [7, 11) is 1.96. The molecule has 2 rings (SSSR count). The Morgan fingerprint density at radius 3 is 3.00 bits per heavy atom. The summed E-state index contributed by atoms with van der Waals surface area (Å²) in [6.07, 6.45) is 4.06. The molecule has 0 spiro atoms. The van der Waals surface area contributed by atoms with Gasteiger partial charge in [-0.15, -0.1) is 0 Å². The minimum absolute atomic E-state index is 0.170. The average Bonchev–Trinajstić information content (AvgIpc) is 2.53. The molecular formula is C9H16N4. The van der Waals surface area contributed by atoms with Crippen LogP contribution in [0.25, 0.3) is 0 Å². The first-order valence-corrected chi connectivity index (χ1v) is 4.78. The number of hydrogen-bond donors (Lipinski definition) is 1. The van der Waals surface area contributed by atoms with E-state index < -0.39 is 0 Å². The molecular weight excluding hydrogens is 164 g/mol. The first kappa shape index (κ1) is 8.69. The van der Waals surface area contributed by atoms with E-state index in [1.54, 1.807) is 6.33 Å². The summed E-state index contributed by atoms with van der Waals surface area (Å²) in [5.41, 5.74) is 0.170. The predicted octanol–water partition coefficient (Wildman–Crippen LogP) is 0.456. The van der Waals surface area contributed by atoms with Crippen molar-refractivity contribution in [3.8, 4) is 0 Å². The minimum atomic E-state index is 0.170. The second kappa shape index (κ2) is 3.10. The van der Waals surface area contributed by atoms with Crippen LogP contribution in [0.2, 0.25) is 0 Å². The normalized spacial score (nSPS) is 29.1. The van der Waals surface area contributed by atoms with Gasteiger partial charge in [0.05, 0.1) is 0 Å². The van der Waals surface area contributed by atoms with Gasteiger partial charge in [-0.2, -0.15) is 5.10 Å². The summed E-state index contributed by atoms with van der Waals surface area (Å²) in [6.45, 7) is 4.40. The van der Waals surface area contributed by atoms with E-state index >= 15 is 0 Å². The molecule has 1 N–H and O–H groups in total. The number of piperidine rings is 1. The van der Waals surface area contributed by atoms with Crippen LogP contribution in [0.1, 0.15) is 25.6 Å². The molecule has 0 aliphatic carbocycles. The first-order chi connectivity index (χ1) is 6.22. The summed E-state index contributed by atoms with van der Waals surface area (Å²) >= 11 is 0. The lowest BCUT2D eigenvalue weighted by molar-refractivity contribution is 0.314. The Balaban J connectivity index is 2.27. The summed E-state index contributed by atoms with van der Waals surface area (Å²) in [4.78, 5) is 4.32. The fourth-order valence-electron chi connectivity index (χ4n) is 2.09. The third-order valence-corrected chi connectivity index (χ3v) is 2.85. The molecule has 72 valence electrons. The van der Waals surface area contributed by atoms with Crippen LogP contribution in [0.3, 0.4) is 0 Å². The predicted molar refractivity (Wildman–Crippen MR) is 50.5 cm³/mol. The Morgan fingerprint density at radius 1 is 1.62 bits per heavy atom. The van der Waals surface area contributed by atoms with Gasteiger partial charge in [0.15, 0.2) is 0 Å². The SMILES string of the molecule is Cn1ncnc1C1(C)CCCNC1. The molecule has 13 heavy (non-hydrogen) atoms. The molecule has 1 unspecified atom stereocenters. The molecule has 4 heteroatoms. The van der Waals surface area contributed by atoms with Crippen LogP contribution in [0, 0.1) is 0 Å². The van der Waals surface area contributed by atoms with Gasteiger partial charge in [-0.25, -0.2) is 4.98 Å². The highest BCUT2D eigenvalue weighted by molar-refractivity contribution is 5.08. The fourth-order valence-corrected chi connectivity index (χ4v) is 2.09. The monoisotopic (exact) mass is 180 g/mol. The molecule has 1 atom stereocenters. The highest BCUT2D eigenvalue weighted by Crippen LogP contribution is 2.28. The molecule has 1 aromatic heterocycles. The van der Waals surface area contributed by atoms with Crippen LogP contribution < -0.4 is 5.32 Å². The zero-order chi connectivity index (χ0) is 9.31. The van der Waals surface area contributed by atoms with E-state index in [4.69, 9.17) is 0 Å². The number of nitrogens with one attached hydrogen (secondary N) is 1. The number of hydrogen-bond acceptors (Lipinski definition) is 3. The molecule has 1 aromatic rings. The summed E-state index contributed by atoms with van der Waals surface area (Å²) in [5, 5.41) is 7.52. The highest BCUT2D eigenvalue weighted by atomic mass is 15.3. The molecule has 0 radical (unpaired) electrons. The smallest absolute Gasteiger partial charge is 0.138 e. The first-order valence-electron chi connectivity index (χ1n) is 4.78. The second-order valence-corrected chi connectivity index (χ2v) is 4.05. The van der Waals surface area contributed by atoms with E-state index in [1.807, 2.05) is 11.7 Å². The maximum Gasteiger partial charge on any atom is 0.138 e. The van der Waals surface area contributed by atoms with Crippen molar-refractivity contribution >= 4 is 0 Å². The van der Waals surface area contributed by atoms with E-state index in [1.165, 1.54) is 12.8 Å². The van der Waals surface area contributed by atoms with Crippen LogP contribution in [0.5, 0.6) is 0 Å². The summed E-state index contributed by atoms with van der Waals surface area (Å²) in [6, 6.07) is 0. The molecule has 1 fully saturated rings. The van der Waals surface area contributed by atoms with Crippen LogP contribution in [0.4, 0.5) is 0 Å². The molecule has 1 aliphatic rings. The zero-order valence-corrected chi connectivity index (χ0v) is 8.25. The topological polar surface area (TPSA) is 42.7 Å². The van der Waals surface area contributed by atoms with Crippen LogP contribution in [-0.4, -0.2) is 27.9 Å². The van der Waals surface area contributed by atoms with Crippen LogP contribution >= 0.6 is 0 Å². The summed E-state index contributed by atoms with van der Waals surface area (Å²) in [5.74, 6) is 1.10. The van der Waals surface area contributed by atoms with Gasteiger partial charge >= 0.3 is 0 Å². The van der Waals surface area contributed by atoms with Gasteiger partial charge in [0.1, 0.15) is 12.2 Å². The lowest BCUT2D eigenvalue weighted by Crippen LogP contribution is -2.42. The molecule has 2 heterocycles. The maximum atomic E-state index is 4.32. The zero-order valence-electron chi connectivity index (χ0n) is 8.25. The number of rotatable bonds is 1. The third-order valence-electron chi connectivity index (χ3n) is 2.85. The molecule has 0 saturated carbocycles. The van der Waals surface area contributed by atoms with E-state index in [2.05, 4.69) is 22.3 Å². The fraction of sp³-hybridized carbons (Fsp3) is 0.778. The minimum Gasteiger partial charge on any atom is -0.316 e. The van der Waals surface area contributed by atoms with Crippen molar-refractivity contribution in [2.24, 2.45) is 7.05 Å². The van der Waals surface area contributed by atoms with Gasteiger partial charge in [-0.3, -0.25) is 4.68 Å². The van der Waals surface area contributed by atoms with Crippen LogP contribution in [0.15, 0.2) is 6.33 Å². The van der Waals surface area contributed by atoms with Crippen molar-refractivity contribution in [1.82, 2.24) is 20.1 Å². The Morgan fingerprint density at radius 2 is 2.46 bits per heavy atom. The van der Waals surface area contributed by atoms with Gasteiger partial charge in [0.2, 0.25) is 0 Å². The quantitative estimate of drug-likeness (QED) is 0.682. The van der Waals surface area contributed by atoms with Gasteiger partial charge in [0.25, 0.3) is 0 Å². The molecule has 0 amide bonds. The standard InChI is InChI=1S/C9H16N4/c1-9(4-3-5-10-6-9)8-11-7-12-13(8)2/h7,10H,3-6H2,1-2H3. The molecule has 1 aliphatic heterocycles. The van der Waals surface area contributed by atoms with Gasteiger partial charge in [-0.1, -0.05) is 6.92 Å². The van der Waals surface area contributed by atoms with Crippen molar-refractivity contribution in [3.63, 3.8) is 0 Å². The van der Waals surface area contributed by atoms with E-state index in [-0.39, 0.29) is 5.41 Å². The Kier molecular flexibility index (Phi) is 2.07. The molecule has 1 saturated heterocycles. The lowest BCUT2D eigenvalue weighted by atomic mass is 9.82. The largest absolute Gasteiger partial charge is 0.316 e. The average molecular weight is 180 g/mol. The molecule has 0 aromatic carbocycles. The second-order valence-electron chi connectivity index (χ2n) is 4.05. The highest BCUT2D eigenvalue weighted by Gasteiger charge is 2.32. The Bertz CT molecular complexity index is 286. The van der Waals surface area contributed by atoms with Gasteiger partial charge in [-0.05, 0) is 19.4 Å². The van der Waals surface area contributed by atoms with E-state index in [0.717, 1.165) is 18.9 Å².